The Morgan fingerprint density at radius 3 is 2.29 bits per heavy atom. The predicted molar refractivity (Wildman–Crippen MR) is 105 cm³/mol. The van der Waals surface area contributed by atoms with Gasteiger partial charge in [0.25, 0.3) is 0 Å². The number of benzene rings is 2. The second-order valence-corrected chi connectivity index (χ2v) is 7.49. The second kappa shape index (κ2) is 8.16. The van der Waals surface area contributed by atoms with Gasteiger partial charge in [-0.2, -0.15) is 13.2 Å². The summed E-state index contributed by atoms with van der Waals surface area (Å²) in [4.78, 5) is 14.3. The van der Waals surface area contributed by atoms with Gasteiger partial charge in [-0.05, 0) is 54.5 Å². The first kappa shape index (κ1) is 20.7. The third-order valence-electron chi connectivity index (χ3n) is 5.19. The Morgan fingerprint density at radius 1 is 1.14 bits per heavy atom. The number of hydrogen-bond acceptors (Lipinski definition) is 1. The summed E-state index contributed by atoms with van der Waals surface area (Å²) in [6, 6.07) is 10.6. The van der Waals surface area contributed by atoms with Crippen molar-refractivity contribution < 1.29 is 18.0 Å². The smallest absolute Gasteiger partial charge is 0.338 e. The van der Waals surface area contributed by atoms with Crippen LogP contribution in [-0.4, -0.2) is 17.4 Å². The maximum Gasteiger partial charge on any atom is 0.418 e. The van der Waals surface area contributed by atoms with E-state index in [2.05, 4.69) is 0 Å². The van der Waals surface area contributed by atoms with Crippen LogP contribution in [0.2, 0.25) is 5.02 Å². The Kier molecular flexibility index (Phi) is 6.04. The zero-order valence-electron chi connectivity index (χ0n) is 15.9. The van der Waals surface area contributed by atoms with Crippen LogP contribution >= 0.6 is 11.6 Å². The summed E-state index contributed by atoms with van der Waals surface area (Å²) >= 11 is 6.11. The first-order chi connectivity index (χ1) is 13.3. The van der Waals surface area contributed by atoms with E-state index in [1.54, 1.807) is 11.8 Å². The summed E-state index contributed by atoms with van der Waals surface area (Å²) in [6.45, 7) is 4.16. The van der Waals surface area contributed by atoms with Gasteiger partial charge in [0.05, 0.1) is 10.6 Å². The molecule has 2 aromatic carbocycles. The molecule has 6 heteroatoms. The lowest BCUT2D eigenvalue weighted by Gasteiger charge is -2.27. The quantitative estimate of drug-likeness (QED) is 0.544. The maximum atomic E-state index is 13.8. The second-order valence-electron chi connectivity index (χ2n) is 7.08. The van der Waals surface area contributed by atoms with E-state index < -0.39 is 11.7 Å². The van der Waals surface area contributed by atoms with Gasteiger partial charge in [0.1, 0.15) is 0 Å². The van der Waals surface area contributed by atoms with Crippen LogP contribution in [0.3, 0.4) is 0 Å². The topological polar surface area (TPSA) is 20.3 Å². The van der Waals surface area contributed by atoms with E-state index >= 15 is 0 Å². The number of carbonyl (C=O) groups excluding carboxylic acids is 1. The van der Waals surface area contributed by atoms with Gasteiger partial charge >= 0.3 is 6.18 Å². The van der Waals surface area contributed by atoms with Crippen LogP contribution in [0.4, 0.5) is 13.2 Å². The normalized spacial score (nSPS) is 14.2. The maximum absolute atomic E-state index is 13.8. The Hall–Kier alpha value is -2.01. The molecule has 0 aliphatic heterocycles. The highest BCUT2D eigenvalue weighted by atomic mass is 35.5. The van der Waals surface area contributed by atoms with Crippen LogP contribution in [0, 0.1) is 5.92 Å². The van der Waals surface area contributed by atoms with Crippen LogP contribution < -0.4 is 0 Å². The van der Waals surface area contributed by atoms with Crippen molar-refractivity contribution in [2.24, 2.45) is 5.92 Å². The van der Waals surface area contributed by atoms with Crippen molar-refractivity contribution in [2.45, 2.75) is 45.8 Å². The summed E-state index contributed by atoms with van der Waals surface area (Å²) < 4.78 is 41.3. The van der Waals surface area contributed by atoms with Crippen molar-refractivity contribution in [2.75, 3.05) is 6.54 Å². The molecule has 0 saturated heterocycles. The summed E-state index contributed by atoms with van der Waals surface area (Å²) in [5.41, 5.74) is 1.35. The lowest BCUT2D eigenvalue weighted by Crippen LogP contribution is -2.32. The first-order valence-corrected chi connectivity index (χ1v) is 9.91. The van der Waals surface area contributed by atoms with Crippen molar-refractivity contribution in [3.05, 3.63) is 58.1 Å². The van der Waals surface area contributed by atoms with E-state index in [9.17, 15) is 18.0 Å². The predicted octanol–water partition coefficient (Wildman–Crippen LogP) is 6.35. The van der Waals surface area contributed by atoms with E-state index in [0.717, 1.165) is 18.4 Å². The van der Waals surface area contributed by atoms with Crippen molar-refractivity contribution in [3.63, 3.8) is 0 Å². The molecule has 2 nitrogen and oxygen atoms in total. The van der Waals surface area contributed by atoms with Gasteiger partial charge in [0, 0.05) is 19.0 Å². The van der Waals surface area contributed by atoms with Gasteiger partial charge in [-0.3, -0.25) is 4.79 Å². The highest BCUT2D eigenvalue weighted by Gasteiger charge is 2.38. The van der Waals surface area contributed by atoms with Crippen LogP contribution in [-0.2, 0) is 23.9 Å². The zero-order valence-corrected chi connectivity index (χ0v) is 16.7. The molecule has 0 heterocycles. The Bertz CT molecular complexity index is 860. The molecule has 1 saturated carbocycles. The molecule has 150 valence electrons. The third kappa shape index (κ3) is 4.19. The number of alkyl halides is 3. The number of carbonyl (C=O) groups is 1. The summed E-state index contributed by atoms with van der Waals surface area (Å²) in [5, 5.41) is -0.302. The average molecular weight is 410 g/mol. The summed E-state index contributed by atoms with van der Waals surface area (Å²) in [6.07, 6.45) is -2.66. The molecular formula is C22H23ClF3NO. The fraction of sp³-hybridized carbons (Fsp3) is 0.409. The average Bonchev–Trinajstić information content (AvgIpc) is 3.50. The van der Waals surface area contributed by atoms with Crippen molar-refractivity contribution in [1.82, 2.24) is 4.90 Å². The molecule has 0 aromatic heterocycles. The number of hydrogen-bond donors (Lipinski definition) is 0. The molecule has 1 amide bonds. The third-order valence-corrected chi connectivity index (χ3v) is 5.49. The molecule has 28 heavy (non-hydrogen) atoms. The summed E-state index contributed by atoms with van der Waals surface area (Å²) in [5.74, 6) is 0.0339. The molecule has 1 fully saturated rings. The van der Waals surface area contributed by atoms with Crippen molar-refractivity contribution in [1.29, 1.82) is 0 Å². The first-order valence-electron chi connectivity index (χ1n) is 9.53. The molecule has 0 atom stereocenters. The molecule has 2 aromatic rings. The minimum Gasteiger partial charge on any atom is -0.338 e. The van der Waals surface area contributed by atoms with Crippen molar-refractivity contribution in [3.8, 4) is 11.1 Å². The van der Waals surface area contributed by atoms with Gasteiger partial charge in [0.2, 0.25) is 5.91 Å². The van der Waals surface area contributed by atoms with Crippen molar-refractivity contribution >= 4 is 17.5 Å². The van der Waals surface area contributed by atoms with Gasteiger partial charge in [-0.25, -0.2) is 0 Å². The van der Waals surface area contributed by atoms with Gasteiger partial charge in [-0.15, -0.1) is 0 Å². The van der Waals surface area contributed by atoms with E-state index in [-0.39, 0.29) is 35.4 Å². The Morgan fingerprint density at radius 2 is 1.79 bits per heavy atom. The summed E-state index contributed by atoms with van der Waals surface area (Å²) in [7, 11) is 0. The van der Waals surface area contributed by atoms with E-state index in [1.165, 1.54) is 6.07 Å². The van der Waals surface area contributed by atoms with Crippen LogP contribution in [0.25, 0.3) is 11.1 Å². The fourth-order valence-corrected chi connectivity index (χ4v) is 3.95. The van der Waals surface area contributed by atoms with E-state index in [0.29, 0.717) is 17.7 Å². The highest BCUT2D eigenvalue weighted by Crippen LogP contribution is 2.43. The highest BCUT2D eigenvalue weighted by molar-refractivity contribution is 6.32. The molecule has 1 aliphatic rings. The Labute approximate surface area is 168 Å². The number of rotatable bonds is 6. The van der Waals surface area contributed by atoms with Gasteiger partial charge < -0.3 is 4.90 Å². The zero-order chi connectivity index (χ0) is 20.5. The number of halogens is 4. The van der Waals surface area contributed by atoms with Gasteiger partial charge in [-0.1, -0.05) is 48.9 Å². The Balaban J connectivity index is 2.19. The van der Waals surface area contributed by atoms with E-state index in [1.807, 2.05) is 37.3 Å². The lowest BCUT2D eigenvalue weighted by atomic mass is 9.89. The van der Waals surface area contributed by atoms with Crippen LogP contribution in [0.15, 0.2) is 36.4 Å². The molecular weight excluding hydrogens is 387 g/mol. The molecule has 0 unspecified atom stereocenters. The lowest BCUT2D eigenvalue weighted by molar-refractivity contribution is -0.138. The van der Waals surface area contributed by atoms with Gasteiger partial charge in [0.15, 0.2) is 0 Å². The molecule has 1 aliphatic carbocycles. The minimum absolute atomic E-state index is 0.0135. The van der Waals surface area contributed by atoms with E-state index in [4.69, 9.17) is 11.6 Å². The fourth-order valence-electron chi connectivity index (χ4n) is 3.62. The number of nitrogens with zero attached hydrogens (tertiary/aromatic N) is 1. The monoisotopic (exact) mass is 409 g/mol. The minimum atomic E-state index is -4.55. The standard InChI is InChI=1S/C22H23ClF3NO/c1-3-16-18(13-27(4-2)21(28)15-10-11-15)17(14-8-6-5-7-9-14)12-19(23)20(16)22(24,25)26/h5-9,12,15H,3-4,10-11,13H2,1-2H3. The SMILES string of the molecule is CCc1c(CN(CC)C(=O)C2CC2)c(-c2ccccc2)cc(Cl)c1C(F)(F)F. The van der Waals surface area contributed by atoms with Crippen LogP contribution in [0.1, 0.15) is 43.4 Å². The molecule has 0 N–H and O–H groups in total. The molecule has 0 spiro atoms. The number of amides is 1. The molecule has 0 radical (unpaired) electrons. The van der Waals surface area contributed by atoms with Crippen LogP contribution in [0.5, 0.6) is 0 Å². The molecule has 0 bridgehead atoms. The largest absolute Gasteiger partial charge is 0.418 e. The molecule has 3 rings (SSSR count).